The van der Waals surface area contributed by atoms with E-state index >= 15 is 0 Å². The molecule has 0 saturated carbocycles. The summed E-state index contributed by atoms with van der Waals surface area (Å²) in [5.41, 5.74) is 2.99. The number of benzene rings is 1. The molecule has 0 unspecified atom stereocenters. The van der Waals surface area contributed by atoms with Crippen LogP contribution in [0.2, 0.25) is 0 Å². The van der Waals surface area contributed by atoms with Gasteiger partial charge in [-0.05, 0) is 31.0 Å². The Morgan fingerprint density at radius 3 is 2.73 bits per heavy atom. The largest absolute Gasteiger partial charge is 0.267 e. The van der Waals surface area contributed by atoms with Gasteiger partial charge in [0.25, 0.3) is 10.0 Å². The molecule has 0 aliphatic carbocycles. The van der Waals surface area contributed by atoms with E-state index < -0.39 is 10.0 Å². The highest BCUT2D eigenvalue weighted by atomic mass is 32.2. The van der Waals surface area contributed by atoms with Crippen molar-refractivity contribution < 1.29 is 8.42 Å². The van der Waals surface area contributed by atoms with Crippen LogP contribution in [0, 0.1) is 6.92 Å². The zero-order valence-corrected chi connectivity index (χ0v) is 15.4. The molecular formula is C18H21N5O2S. The van der Waals surface area contributed by atoms with Gasteiger partial charge in [0.15, 0.2) is 5.03 Å². The van der Waals surface area contributed by atoms with Crippen LogP contribution in [0.3, 0.4) is 0 Å². The molecule has 0 atom stereocenters. The molecule has 0 fully saturated rings. The molecule has 3 aromatic rings. The van der Waals surface area contributed by atoms with E-state index in [1.165, 1.54) is 4.31 Å². The highest BCUT2D eigenvalue weighted by molar-refractivity contribution is 7.89. The first-order valence-corrected chi connectivity index (χ1v) is 10.1. The number of sulfonamides is 1. The maximum atomic E-state index is 13.1. The second kappa shape index (κ2) is 6.69. The molecule has 136 valence electrons. The van der Waals surface area contributed by atoms with Crippen LogP contribution in [-0.2, 0) is 36.1 Å². The minimum Gasteiger partial charge on any atom is -0.267 e. The molecule has 1 aromatic carbocycles. The number of aryl methyl sites for hydroxylation is 3. The maximum Gasteiger partial charge on any atom is 0.260 e. The van der Waals surface area contributed by atoms with Crippen LogP contribution < -0.4 is 0 Å². The Kier molecular flexibility index (Phi) is 4.37. The summed E-state index contributed by atoms with van der Waals surface area (Å²) in [6.45, 7) is 3.77. The third kappa shape index (κ3) is 3.17. The number of fused-ring (bicyclic) bond motifs is 1. The lowest BCUT2D eigenvalue weighted by Crippen LogP contribution is -2.39. The molecule has 0 N–H and O–H groups in total. The molecule has 8 heteroatoms. The van der Waals surface area contributed by atoms with Gasteiger partial charge in [0, 0.05) is 13.1 Å². The van der Waals surface area contributed by atoms with E-state index in [9.17, 15) is 8.42 Å². The van der Waals surface area contributed by atoms with Crippen LogP contribution in [0.25, 0.3) is 0 Å². The molecule has 0 radical (unpaired) electrons. The second-order valence-corrected chi connectivity index (χ2v) is 8.35. The van der Waals surface area contributed by atoms with Gasteiger partial charge in [-0.15, -0.1) is 0 Å². The first-order chi connectivity index (χ1) is 12.5. The third-order valence-electron chi connectivity index (χ3n) is 4.62. The molecule has 0 saturated heterocycles. The molecule has 0 amide bonds. The van der Waals surface area contributed by atoms with E-state index in [0.29, 0.717) is 26.2 Å². The van der Waals surface area contributed by atoms with E-state index in [-0.39, 0.29) is 5.03 Å². The van der Waals surface area contributed by atoms with Crippen LogP contribution in [0.5, 0.6) is 0 Å². The Balaban J connectivity index is 1.55. The van der Waals surface area contributed by atoms with Gasteiger partial charge >= 0.3 is 0 Å². The summed E-state index contributed by atoms with van der Waals surface area (Å²) in [5, 5.41) is 8.87. The number of aromatic nitrogens is 4. The predicted molar refractivity (Wildman–Crippen MR) is 96.9 cm³/mol. The van der Waals surface area contributed by atoms with Crippen molar-refractivity contribution in [2.75, 3.05) is 6.54 Å². The average molecular weight is 371 g/mol. The van der Waals surface area contributed by atoms with Crippen molar-refractivity contribution in [3.05, 3.63) is 65.6 Å². The van der Waals surface area contributed by atoms with Gasteiger partial charge in [-0.3, -0.25) is 9.36 Å². The zero-order chi connectivity index (χ0) is 18.1. The Bertz CT molecular complexity index is 1010. The third-order valence-corrected chi connectivity index (χ3v) is 6.49. The summed E-state index contributed by atoms with van der Waals surface area (Å²) in [5.74, 6) is 0. The molecule has 26 heavy (non-hydrogen) atoms. The monoisotopic (exact) mass is 371 g/mol. The van der Waals surface area contributed by atoms with E-state index in [1.807, 2.05) is 48.0 Å². The number of nitrogens with zero attached hydrogens (tertiary/aromatic N) is 5. The quantitative estimate of drug-likeness (QED) is 0.686. The lowest BCUT2D eigenvalue weighted by Gasteiger charge is -2.27. The zero-order valence-electron chi connectivity index (χ0n) is 14.6. The summed E-state index contributed by atoms with van der Waals surface area (Å²) >= 11 is 0. The lowest BCUT2D eigenvalue weighted by atomic mass is 10.1. The minimum absolute atomic E-state index is 0.248. The van der Waals surface area contributed by atoms with Crippen molar-refractivity contribution in [3.63, 3.8) is 0 Å². The minimum atomic E-state index is -3.59. The fraction of sp³-hybridized carbons (Fsp3) is 0.333. The second-order valence-electron chi connectivity index (χ2n) is 6.47. The SMILES string of the molecule is Cc1cc2n(n1)CCN(S(=O)(=O)c1ccnn1CCc1ccccc1)C2. The van der Waals surface area contributed by atoms with Gasteiger partial charge in [-0.1, -0.05) is 30.3 Å². The molecule has 3 heterocycles. The average Bonchev–Trinajstić information content (AvgIpc) is 3.25. The van der Waals surface area contributed by atoms with Gasteiger partial charge in [-0.2, -0.15) is 14.5 Å². The maximum absolute atomic E-state index is 13.1. The van der Waals surface area contributed by atoms with Crippen molar-refractivity contribution in [1.29, 1.82) is 0 Å². The van der Waals surface area contributed by atoms with Crippen LogP contribution in [0.4, 0.5) is 0 Å². The molecule has 0 spiro atoms. The molecule has 7 nitrogen and oxygen atoms in total. The first-order valence-electron chi connectivity index (χ1n) is 8.63. The Labute approximate surface area is 152 Å². The summed E-state index contributed by atoms with van der Waals surface area (Å²) in [4.78, 5) is 0. The summed E-state index contributed by atoms with van der Waals surface area (Å²) in [6.07, 6.45) is 2.28. The molecule has 0 bridgehead atoms. The summed E-state index contributed by atoms with van der Waals surface area (Å²) in [7, 11) is -3.59. The van der Waals surface area contributed by atoms with E-state index in [4.69, 9.17) is 0 Å². The van der Waals surface area contributed by atoms with Crippen molar-refractivity contribution in [2.45, 2.75) is 38.0 Å². The van der Waals surface area contributed by atoms with E-state index in [0.717, 1.165) is 23.4 Å². The number of hydrogen-bond acceptors (Lipinski definition) is 4. The molecule has 1 aliphatic heterocycles. The normalized spacial score (nSPS) is 15.1. The summed E-state index contributed by atoms with van der Waals surface area (Å²) in [6, 6.07) is 13.5. The van der Waals surface area contributed by atoms with Crippen molar-refractivity contribution in [1.82, 2.24) is 23.9 Å². The highest BCUT2D eigenvalue weighted by Crippen LogP contribution is 2.22. The topological polar surface area (TPSA) is 73.0 Å². The van der Waals surface area contributed by atoms with Gasteiger partial charge < -0.3 is 0 Å². The van der Waals surface area contributed by atoms with Crippen LogP contribution in [0.15, 0.2) is 53.7 Å². The molecular weight excluding hydrogens is 350 g/mol. The molecule has 1 aliphatic rings. The highest BCUT2D eigenvalue weighted by Gasteiger charge is 2.31. The summed E-state index contributed by atoms with van der Waals surface area (Å²) < 4.78 is 31.2. The smallest absolute Gasteiger partial charge is 0.260 e. The van der Waals surface area contributed by atoms with Crippen LogP contribution in [-0.4, -0.2) is 38.8 Å². The van der Waals surface area contributed by atoms with Crippen LogP contribution in [0.1, 0.15) is 17.0 Å². The fourth-order valence-electron chi connectivity index (χ4n) is 3.31. The fourth-order valence-corrected chi connectivity index (χ4v) is 4.84. The Morgan fingerprint density at radius 2 is 1.92 bits per heavy atom. The van der Waals surface area contributed by atoms with Gasteiger partial charge in [-0.25, -0.2) is 8.42 Å². The van der Waals surface area contributed by atoms with E-state index in [2.05, 4.69) is 10.2 Å². The number of hydrogen-bond donors (Lipinski definition) is 0. The van der Waals surface area contributed by atoms with Gasteiger partial charge in [0.05, 0.1) is 30.7 Å². The number of rotatable bonds is 5. The van der Waals surface area contributed by atoms with Crippen LogP contribution >= 0.6 is 0 Å². The van der Waals surface area contributed by atoms with E-state index in [1.54, 1.807) is 16.9 Å². The lowest BCUT2D eigenvalue weighted by molar-refractivity contribution is 0.323. The standard InChI is InChI=1S/C18H21N5O2S/c1-15-13-17-14-21(11-12-22(17)20-15)26(24,25)18-7-9-19-23(18)10-8-16-5-3-2-4-6-16/h2-7,9,13H,8,10-12,14H2,1H3. The first kappa shape index (κ1) is 17.0. The van der Waals surface area contributed by atoms with Crippen molar-refractivity contribution in [2.24, 2.45) is 0 Å². The Hall–Kier alpha value is -2.45. The Morgan fingerprint density at radius 1 is 1.12 bits per heavy atom. The van der Waals surface area contributed by atoms with Gasteiger partial charge in [0.2, 0.25) is 0 Å². The van der Waals surface area contributed by atoms with Crippen molar-refractivity contribution >= 4 is 10.0 Å². The van der Waals surface area contributed by atoms with Crippen molar-refractivity contribution in [3.8, 4) is 0 Å². The predicted octanol–water partition coefficient (Wildman–Crippen LogP) is 1.84. The molecule has 4 rings (SSSR count). The van der Waals surface area contributed by atoms with Gasteiger partial charge in [0.1, 0.15) is 0 Å². The molecule has 2 aromatic heterocycles.